The highest BCUT2D eigenvalue weighted by Gasteiger charge is 2.27. The van der Waals surface area contributed by atoms with Crippen molar-refractivity contribution in [3.63, 3.8) is 0 Å². The quantitative estimate of drug-likeness (QED) is 0.628. The topological polar surface area (TPSA) is 55.8 Å². The van der Waals surface area contributed by atoms with Crippen LogP contribution in [-0.4, -0.2) is 36.2 Å². The number of allylic oxidation sites excluding steroid dienone is 1. The van der Waals surface area contributed by atoms with Crippen molar-refractivity contribution in [3.8, 4) is 0 Å². The van der Waals surface area contributed by atoms with E-state index in [0.717, 1.165) is 17.5 Å². The molecule has 0 aliphatic carbocycles. The number of nitrogens with zero attached hydrogens (tertiary/aromatic N) is 1. The number of fused-ring (bicyclic) bond motifs is 1. The Bertz CT molecular complexity index is 658. The summed E-state index contributed by atoms with van der Waals surface area (Å²) >= 11 is 0. The average Bonchev–Trinajstić information content (AvgIpc) is 2.52. The second-order valence-corrected chi connectivity index (χ2v) is 6.91. The van der Waals surface area contributed by atoms with Gasteiger partial charge in [-0.2, -0.15) is 0 Å². The van der Waals surface area contributed by atoms with Gasteiger partial charge in [0.25, 0.3) is 0 Å². The summed E-state index contributed by atoms with van der Waals surface area (Å²) in [6.45, 7) is 10.4. The van der Waals surface area contributed by atoms with Gasteiger partial charge in [-0.1, -0.05) is 6.08 Å². The molecule has 5 nitrogen and oxygen atoms in total. The Morgan fingerprint density at radius 1 is 1.33 bits per heavy atom. The molecule has 0 atom stereocenters. The molecule has 0 unspecified atom stereocenters. The maximum absolute atomic E-state index is 12.3. The molecule has 0 N–H and O–H groups in total. The van der Waals surface area contributed by atoms with Crippen LogP contribution in [0.25, 0.3) is 0 Å². The van der Waals surface area contributed by atoms with Crippen molar-refractivity contribution >= 4 is 12.1 Å². The van der Waals surface area contributed by atoms with E-state index in [1.54, 1.807) is 4.90 Å². The largest absolute Gasteiger partial charge is 0.465 e. The molecular formula is C19H25NO4. The summed E-state index contributed by atoms with van der Waals surface area (Å²) in [4.78, 5) is 25.9. The summed E-state index contributed by atoms with van der Waals surface area (Å²) in [6.07, 6.45) is 2.90. The summed E-state index contributed by atoms with van der Waals surface area (Å²) in [6, 6.07) is 3.67. The van der Waals surface area contributed by atoms with Crippen LogP contribution in [0.2, 0.25) is 0 Å². The number of rotatable bonds is 3. The van der Waals surface area contributed by atoms with E-state index < -0.39 is 5.60 Å². The number of carbonyl (C=O) groups is 2. The van der Waals surface area contributed by atoms with Crippen molar-refractivity contribution in [1.82, 2.24) is 4.90 Å². The zero-order chi connectivity index (χ0) is 17.9. The van der Waals surface area contributed by atoms with E-state index in [0.29, 0.717) is 25.1 Å². The van der Waals surface area contributed by atoms with Crippen molar-refractivity contribution in [2.24, 2.45) is 0 Å². The summed E-state index contributed by atoms with van der Waals surface area (Å²) in [7, 11) is 1.36. The molecule has 1 aromatic carbocycles. The molecule has 130 valence electrons. The highest BCUT2D eigenvalue weighted by atomic mass is 16.6. The van der Waals surface area contributed by atoms with Gasteiger partial charge in [0, 0.05) is 13.1 Å². The summed E-state index contributed by atoms with van der Waals surface area (Å²) < 4.78 is 10.3. The Hall–Kier alpha value is -2.30. The van der Waals surface area contributed by atoms with Gasteiger partial charge in [0.2, 0.25) is 0 Å². The minimum absolute atomic E-state index is 0.332. The molecule has 0 radical (unpaired) electrons. The Labute approximate surface area is 143 Å². The van der Waals surface area contributed by atoms with Gasteiger partial charge < -0.3 is 14.4 Å². The molecule has 0 fully saturated rings. The second-order valence-electron chi connectivity index (χ2n) is 6.91. The molecular weight excluding hydrogens is 306 g/mol. The van der Waals surface area contributed by atoms with E-state index in [2.05, 4.69) is 6.58 Å². The third-order valence-electron chi connectivity index (χ3n) is 3.86. The second kappa shape index (κ2) is 7.07. The van der Waals surface area contributed by atoms with Gasteiger partial charge in [-0.25, -0.2) is 9.59 Å². The minimum Gasteiger partial charge on any atom is -0.465 e. The van der Waals surface area contributed by atoms with Crippen molar-refractivity contribution < 1.29 is 19.1 Å². The molecule has 24 heavy (non-hydrogen) atoms. The molecule has 0 bridgehead atoms. The first-order valence-corrected chi connectivity index (χ1v) is 8.07. The van der Waals surface area contributed by atoms with Crippen LogP contribution in [0.15, 0.2) is 24.8 Å². The summed E-state index contributed by atoms with van der Waals surface area (Å²) in [5.41, 5.74) is 3.18. The maximum Gasteiger partial charge on any atom is 0.410 e. The third-order valence-corrected chi connectivity index (χ3v) is 3.86. The lowest BCUT2D eigenvalue weighted by atomic mass is 9.90. The molecule has 0 saturated heterocycles. The lowest BCUT2D eigenvalue weighted by Crippen LogP contribution is -2.40. The van der Waals surface area contributed by atoms with Gasteiger partial charge in [0.15, 0.2) is 0 Å². The number of carbonyl (C=O) groups excluding carboxylic acids is 2. The smallest absolute Gasteiger partial charge is 0.410 e. The standard InChI is InChI=1S/C19H25NO4/c1-6-7-13-10-14(17(21)23-5)11-15-12-20(9-8-16(13)15)18(22)24-19(2,3)4/h6,10-11H,1,7-9,12H2,2-5H3. The highest BCUT2D eigenvalue weighted by molar-refractivity contribution is 5.90. The molecule has 1 aliphatic heterocycles. The number of methoxy groups -OCH3 is 1. The molecule has 0 saturated carbocycles. The van der Waals surface area contributed by atoms with Gasteiger partial charge in [-0.15, -0.1) is 6.58 Å². The van der Waals surface area contributed by atoms with Crippen LogP contribution in [-0.2, 0) is 28.9 Å². The molecule has 0 aromatic heterocycles. The van der Waals surface area contributed by atoms with Gasteiger partial charge in [-0.05, 0) is 62.4 Å². The van der Waals surface area contributed by atoms with Crippen LogP contribution in [0.3, 0.4) is 0 Å². The van der Waals surface area contributed by atoms with Crippen molar-refractivity contribution in [3.05, 3.63) is 47.0 Å². The van der Waals surface area contributed by atoms with E-state index in [-0.39, 0.29) is 12.1 Å². The van der Waals surface area contributed by atoms with E-state index in [1.165, 1.54) is 12.7 Å². The zero-order valence-electron chi connectivity index (χ0n) is 14.8. The molecule has 1 amide bonds. The number of ether oxygens (including phenoxy) is 2. The lowest BCUT2D eigenvalue weighted by Gasteiger charge is -2.32. The van der Waals surface area contributed by atoms with Crippen LogP contribution in [0.1, 0.15) is 47.8 Å². The number of amides is 1. The Kier molecular flexibility index (Phi) is 5.32. The first kappa shape index (κ1) is 18.0. The van der Waals surface area contributed by atoms with Crippen LogP contribution in [0, 0.1) is 0 Å². The molecule has 5 heteroatoms. The zero-order valence-corrected chi connectivity index (χ0v) is 14.8. The van der Waals surface area contributed by atoms with Crippen molar-refractivity contribution in [2.45, 2.75) is 45.8 Å². The predicted octanol–water partition coefficient (Wildman–Crippen LogP) is 3.49. The molecule has 1 aliphatic rings. The number of esters is 1. The Morgan fingerprint density at radius 2 is 2.04 bits per heavy atom. The van der Waals surface area contributed by atoms with E-state index in [4.69, 9.17) is 9.47 Å². The predicted molar refractivity (Wildman–Crippen MR) is 92.0 cm³/mol. The number of hydrogen-bond acceptors (Lipinski definition) is 4. The van der Waals surface area contributed by atoms with E-state index in [1.807, 2.05) is 39.0 Å². The number of benzene rings is 1. The average molecular weight is 331 g/mol. The fourth-order valence-electron chi connectivity index (χ4n) is 2.85. The molecule has 0 spiro atoms. The van der Waals surface area contributed by atoms with E-state index >= 15 is 0 Å². The normalized spacial score (nSPS) is 13.9. The Balaban J connectivity index is 2.31. The fraction of sp³-hybridized carbons (Fsp3) is 0.474. The molecule has 2 rings (SSSR count). The van der Waals surface area contributed by atoms with Crippen molar-refractivity contribution in [2.75, 3.05) is 13.7 Å². The first-order valence-electron chi connectivity index (χ1n) is 8.07. The van der Waals surface area contributed by atoms with Crippen LogP contribution in [0.5, 0.6) is 0 Å². The van der Waals surface area contributed by atoms with Gasteiger partial charge >= 0.3 is 12.1 Å². The summed E-state index contributed by atoms with van der Waals surface area (Å²) in [5.74, 6) is -0.377. The maximum atomic E-state index is 12.3. The third kappa shape index (κ3) is 4.16. The molecule has 1 aromatic rings. The van der Waals surface area contributed by atoms with Gasteiger partial charge in [0.1, 0.15) is 5.60 Å². The summed E-state index contributed by atoms with van der Waals surface area (Å²) in [5, 5.41) is 0. The Morgan fingerprint density at radius 3 is 2.62 bits per heavy atom. The SMILES string of the molecule is C=CCc1cc(C(=O)OC)cc2c1CCN(C(=O)OC(C)(C)C)C2. The van der Waals surface area contributed by atoms with Crippen LogP contribution < -0.4 is 0 Å². The minimum atomic E-state index is -0.529. The fourth-order valence-corrected chi connectivity index (χ4v) is 2.85. The van der Waals surface area contributed by atoms with Crippen molar-refractivity contribution in [1.29, 1.82) is 0 Å². The highest BCUT2D eigenvalue weighted by Crippen LogP contribution is 2.26. The van der Waals surface area contributed by atoms with Gasteiger partial charge in [0.05, 0.1) is 12.7 Å². The van der Waals surface area contributed by atoms with E-state index in [9.17, 15) is 9.59 Å². The molecule has 1 heterocycles. The lowest BCUT2D eigenvalue weighted by molar-refractivity contribution is 0.0223. The van der Waals surface area contributed by atoms with Gasteiger partial charge in [-0.3, -0.25) is 0 Å². The van der Waals surface area contributed by atoms with Crippen LogP contribution in [0.4, 0.5) is 4.79 Å². The number of hydrogen-bond donors (Lipinski definition) is 0. The first-order chi connectivity index (χ1) is 11.2. The monoisotopic (exact) mass is 331 g/mol. The van der Waals surface area contributed by atoms with Crippen LogP contribution >= 0.6 is 0 Å².